The number of likely N-dealkylation sites (N-methyl/N-ethyl adjacent to an activating group) is 1. The van der Waals surface area contributed by atoms with Gasteiger partial charge in [-0.05, 0) is 41.2 Å². The molecule has 0 spiro atoms. The van der Waals surface area contributed by atoms with Gasteiger partial charge in [0.25, 0.3) is 0 Å². The smallest absolute Gasteiger partial charge is 0.234 e. The van der Waals surface area contributed by atoms with Crippen LogP contribution in [0, 0.1) is 0 Å². The fraction of sp³-hybridized carbons (Fsp3) is 0.364. The number of carbonyl (C=O) groups excluding carboxylic acids is 1. The molecule has 1 amide bonds. The van der Waals surface area contributed by atoms with Crippen molar-refractivity contribution in [2.24, 2.45) is 0 Å². The monoisotopic (exact) mass is 487 g/mol. The number of halogens is 1. The van der Waals surface area contributed by atoms with Gasteiger partial charge in [0, 0.05) is 26.2 Å². The molecule has 0 bridgehead atoms. The molecule has 0 saturated carbocycles. The van der Waals surface area contributed by atoms with Crippen LogP contribution in [0.5, 0.6) is 5.75 Å². The fourth-order valence-electron chi connectivity index (χ4n) is 3.77. The van der Waals surface area contributed by atoms with E-state index < -0.39 is 0 Å². The Morgan fingerprint density at radius 2 is 1.94 bits per heavy atom. The Balaban J connectivity index is 1.44. The van der Waals surface area contributed by atoms with Crippen LogP contribution < -0.4 is 15.0 Å². The van der Waals surface area contributed by atoms with Gasteiger partial charge >= 0.3 is 0 Å². The van der Waals surface area contributed by atoms with Gasteiger partial charge in [-0.1, -0.05) is 48.5 Å². The third-order valence-corrected chi connectivity index (χ3v) is 6.71. The van der Waals surface area contributed by atoms with E-state index >= 15 is 0 Å². The third kappa shape index (κ3) is 5.40. The van der Waals surface area contributed by atoms with E-state index in [1.807, 2.05) is 42.5 Å². The molecule has 1 aliphatic heterocycles. The molecule has 9 nitrogen and oxygen atoms in total. The highest BCUT2D eigenvalue weighted by atomic mass is 35.5. The Morgan fingerprint density at radius 1 is 1.15 bits per heavy atom. The lowest BCUT2D eigenvalue weighted by atomic mass is 10.2. The summed E-state index contributed by atoms with van der Waals surface area (Å²) >= 11 is 7.79. The molecule has 1 aromatic heterocycles. The molecule has 4 rings (SSSR count). The van der Waals surface area contributed by atoms with Crippen molar-refractivity contribution in [1.82, 2.24) is 25.1 Å². The molecule has 1 fully saturated rings. The zero-order chi connectivity index (χ0) is 23.2. The molecular formula is C22H26ClN7O2S. The maximum atomic E-state index is 12.8. The van der Waals surface area contributed by atoms with Crippen LogP contribution in [-0.2, 0) is 4.79 Å². The number of carbonyl (C=O) groups is 1. The van der Waals surface area contributed by atoms with Gasteiger partial charge in [-0.3, -0.25) is 4.79 Å². The summed E-state index contributed by atoms with van der Waals surface area (Å²) in [6, 6.07) is 13.0. The molecule has 1 aliphatic rings. The van der Waals surface area contributed by atoms with Gasteiger partial charge in [0.1, 0.15) is 11.4 Å². The van der Waals surface area contributed by atoms with Crippen molar-refractivity contribution in [1.29, 1.82) is 0 Å². The fourth-order valence-corrected chi connectivity index (χ4v) is 4.74. The molecule has 0 radical (unpaired) electrons. The standard InChI is InChI=1S/C22H26ClN7O2S/c1-3-28-11-13-29(14-12-28)21-16(23)7-6-8-17(21)24-20(31)15-33-22-25-26-27-30(22)18-9-4-5-10-19(18)32-2/h4-10H,3,11-15H2,1-2H3,(H,24,31). The molecule has 0 atom stereocenters. The lowest BCUT2D eigenvalue weighted by Gasteiger charge is -2.36. The first-order valence-corrected chi connectivity index (χ1v) is 12.1. The topological polar surface area (TPSA) is 88.4 Å². The van der Waals surface area contributed by atoms with Crippen LogP contribution in [0.2, 0.25) is 5.02 Å². The Bertz CT molecular complexity index is 1100. The van der Waals surface area contributed by atoms with Crippen LogP contribution in [0.3, 0.4) is 0 Å². The number of nitrogens with one attached hydrogen (secondary N) is 1. The van der Waals surface area contributed by atoms with Crippen molar-refractivity contribution in [3.8, 4) is 11.4 Å². The van der Waals surface area contributed by atoms with Crippen LogP contribution in [-0.4, -0.2) is 76.6 Å². The number of piperazine rings is 1. The van der Waals surface area contributed by atoms with Crippen LogP contribution in [0.25, 0.3) is 5.69 Å². The molecule has 174 valence electrons. The summed E-state index contributed by atoms with van der Waals surface area (Å²) in [6.07, 6.45) is 0. The number of anilines is 2. The summed E-state index contributed by atoms with van der Waals surface area (Å²) in [5, 5.41) is 16.0. The number of benzene rings is 2. The van der Waals surface area contributed by atoms with Crippen molar-refractivity contribution in [3.63, 3.8) is 0 Å². The third-order valence-electron chi connectivity index (χ3n) is 5.48. The predicted octanol–water partition coefficient (Wildman–Crippen LogP) is 3.20. The predicted molar refractivity (Wildman–Crippen MR) is 131 cm³/mol. The minimum atomic E-state index is -0.162. The maximum absolute atomic E-state index is 12.8. The van der Waals surface area contributed by atoms with E-state index in [-0.39, 0.29) is 11.7 Å². The molecule has 2 aromatic carbocycles. The molecule has 11 heteroatoms. The Labute approximate surface area is 202 Å². The number of amides is 1. The number of aromatic nitrogens is 4. The SMILES string of the molecule is CCN1CCN(c2c(Cl)cccc2NC(=O)CSc2nnnn2-c2ccccc2OC)CC1. The number of tetrazole rings is 1. The lowest BCUT2D eigenvalue weighted by molar-refractivity contribution is -0.113. The summed E-state index contributed by atoms with van der Waals surface area (Å²) in [5.41, 5.74) is 2.28. The van der Waals surface area contributed by atoms with E-state index in [1.54, 1.807) is 11.8 Å². The van der Waals surface area contributed by atoms with Crippen molar-refractivity contribution in [2.45, 2.75) is 12.1 Å². The van der Waals surface area contributed by atoms with Gasteiger partial charge in [0.2, 0.25) is 11.1 Å². The molecule has 1 N–H and O–H groups in total. The average Bonchev–Trinajstić information content (AvgIpc) is 3.31. The second kappa shape index (κ2) is 10.9. The highest BCUT2D eigenvalue weighted by Crippen LogP contribution is 2.35. The van der Waals surface area contributed by atoms with Crippen LogP contribution in [0.15, 0.2) is 47.6 Å². The summed E-state index contributed by atoms with van der Waals surface area (Å²) in [7, 11) is 1.59. The number of nitrogens with zero attached hydrogens (tertiary/aromatic N) is 6. The average molecular weight is 488 g/mol. The number of ether oxygens (including phenoxy) is 1. The normalized spacial score (nSPS) is 14.3. The Hall–Kier alpha value is -2.82. The number of para-hydroxylation sites is 3. The van der Waals surface area contributed by atoms with Crippen LogP contribution in [0.4, 0.5) is 11.4 Å². The van der Waals surface area contributed by atoms with E-state index in [1.165, 1.54) is 11.8 Å². The van der Waals surface area contributed by atoms with Crippen LogP contribution in [0.1, 0.15) is 6.92 Å². The zero-order valence-electron chi connectivity index (χ0n) is 18.6. The van der Waals surface area contributed by atoms with Gasteiger partial charge in [-0.25, -0.2) is 0 Å². The molecule has 2 heterocycles. The van der Waals surface area contributed by atoms with E-state index in [9.17, 15) is 4.79 Å². The first kappa shape index (κ1) is 23.3. The lowest BCUT2D eigenvalue weighted by Crippen LogP contribution is -2.46. The first-order valence-electron chi connectivity index (χ1n) is 10.7. The second-order valence-corrected chi connectivity index (χ2v) is 8.79. The first-order chi connectivity index (χ1) is 16.1. The van der Waals surface area contributed by atoms with Gasteiger partial charge in [0.15, 0.2) is 0 Å². The quantitative estimate of drug-likeness (QED) is 0.484. The minimum absolute atomic E-state index is 0.144. The Kier molecular flexibility index (Phi) is 7.69. The van der Waals surface area contributed by atoms with Gasteiger partial charge in [-0.15, -0.1) is 5.10 Å². The summed E-state index contributed by atoms with van der Waals surface area (Å²) in [5.74, 6) is 0.624. The van der Waals surface area contributed by atoms with E-state index in [0.29, 0.717) is 27.3 Å². The summed E-state index contributed by atoms with van der Waals surface area (Å²) < 4.78 is 6.96. The molecule has 3 aromatic rings. The maximum Gasteiger partial charge on any atom is 0.234 e. The second-order valence-electron chi connectivity index (χ2n) is 7.44. The Morgan fingerprint density at radius 3 is 2.70 bits per heavy atom. The summed E-state index contributed by atoms with van der Waals surface area (Å²) in [4.78, 5) is 17.5. The van der Waals surface area contributed by atoms with Crippen LogP contribution >= 0.6 is 23.4 Å². The number of thioether (sulfide) groups is 1. The zero-order valence-corrected chi connectivity index (χ0v) is 20.1. The number of rotatable bonds is 8. The van der Waals surface area contributed by atoms with Gasteiger partial charge in [-0.2, -0.15) is 4.68 Å². The molecule has 33 heavy (non-hydrogen) atoms. The number of hydrogen-bond acceptors (Lipinski definition) is 8. The van der Waals surface area contributed by atoms with E-state index in [2.05, 4.69) is 37.6 Å². The minimum Gasteiger partial charge on any atom is -0.494 e. The van der Waals surface area contributed by atoms with Crippen molar-refractivity contribution >= 4 is 40.6 Å². The largest absolute Gasteiger partial charge is 0.494 e. The molecular weight excluding hydrogens is 462 g/mol. The molecule has 1 saturated heterocycles. The van der Waals surface area contributed by atoms with E-state index in [0.717, 1.165) is 38.4 Å². The summed E-state index contributed by atoms with van der Waals surface area (Å²) in [6.45, 7) is 6.86. The number of methoxy groups -OCH3 is 1. The highest BCUT2D eigenvalue weighted by molar-refractivity contribution is 7.99. The van der Waals surface area contributed by atoms with Crippen molar-refractivity contribution < 1.29 is 9.53 Å². The molecule has 0 aliphatic carbocycles. The van der Waals surface area contributed by atoms with Crippen molar-refractivity contribution in [2.75, 3.05) is 55.8 Å². The van der Waals surface area contributed by atoms with Gasteiger partial charge in [0.05, 0.1) is 29.3 Å². The number of hydrogen-bond donors (Lipinski definition) is 1. The molecule has 0 unspecified atom stereocenters. The highest BCUT2D eigenvalue weighted by Gasteiger charge is 2.22. The van der Waals surface area contributed by atoms with E-state index in [4.69, 9.17) is 16.3 Å². The van der Waals surface area contributed by atoms with Crippen molar-refractivity contribution in [3.05, 3.63) is 47.5 Å². The van der Waals surface area contributed by atoms with Gasteiger partial charge < -0.3 is 19.9 Å².